The Morgan fingerprint density at radius 1 is 1.22 bits per heavy atom. The second-order valence-corrected chi connectivity index (χ2v) is 8.87. The molecule has 174 valence electrons. The van der Waals surface area contributed by atoms with E-state index in [1.807, 2.05) is 42.6 Å². The number of carbonyl (C=O) groups excluding carboxylic acids is 1. The predicted molar refractivity (Wildman–Crippen MR) is 116 cm³/mol. The smallest absolute Gasteiger partial charge is 0.471 e. The zero-order valence-electron chi connectivity index (χ0n) is 18.2. The number of hydrogen-bond donors (Lipinski definition) is 2. The van der Waals surface area contributed by atoms with Gasteiger partial charge in [0, 0.05) is 25.3 Å². The predicted octanol–water partition coefficient (Wildman–Crippen LogP) is 4.15. The number of piperidine rings is 1. The van der Waals surface area contributed by atoms with Crippen LogP contribution in [0.1, 0.15) is 55.8 Å². The van der Waals surface area contributed by atoms with Gasteiger partial charge in [0.2, 0.25) is 0 Å². The standard InChI is InChI=1S/C24H30F3N3O2/c1-16(29-23(31)24(25,26)27)22(19-10-8-18(9-11-19)17-6-7-17)32-21-5-3-13-30(15-21)20-4-2-12-28-14-20/h3,5,8-11,15-17,20,22,28H,2,4,6-7,12-14H2,1H3,(H,29,31)/t16-,20-,22-/m0/s1. The summed E-state index contributed by atoms with van der Waals surface area (Å²) in [7, 11) is 0. The van der Waals surface area contributed by atoms with E-state index in [0.29, 0.717) is 17.7 Å². The molecule has 3 aliphatic rings. The molecule has 0 spiro atoms. The van der Waals surface area contributed by atoms with Gasteiger partial charge < -0.3 is 20.3 Å². The monoisotopic (exact) mass is 449 g/mol. The third-order valence-electron chi connectivity index (χ3n) is 6.28. The fourth-order valence-corrected chi connectivity index (χ4v) is 4.33. The lowest BCUT2D eigenvalue weighted by atomic mass is 10.00. The number of allylic oxidation sites excluding steroid dienone is 1. The topological polar surface area (TPSA) is 53.6 Å². The van der Waals surface area contributed by atoms with Crippen LogP contribution in [0.25, 0.3) is 0 Å². The third-order valence-corrected chi connectivity index (χ3v) is 6.28. The van der Waals surface area contributed by atoms with Crippen molar-refractivity contribution < 1.29 is 22.7 Å². The van der Waals surface area contributed by atoms with Gasteiger partial charge in [-0.25, -0.2) is 0 Å². The van der Waals surface area contributed by atoms with E-state index in [1.54, 1.807) is 6.92 Å². The van der Waals surface area contributed by atoms with Crippen LogP contribution in [0.3, 0.4) is 0 Å². The van der Waals surface area contributed by atoms with Gasteiger partial charge in [-0.2, -0.15) is 13.2 Å². The highest BCUT2D eigenvalue weighted by Gasteiger charge is 2.40. The SMILES string of the molecule is C[C@H](NC(=O)C(F)(F)F)[C@H](OC1=CN([C@H]2CCCNC2)CC=C1)c1ccc(C2CC2)cc1. The lowest BCUT2D eigenvalue weighted by Crippen LogP contribution is -2.45. The highest BCUT2D eigenvalue weighted by atomic mass is 19.4. The molecule has 0 unspecified atom stereocenters. The fraction of sp³-hybridized carbons (Fsp3) is 0.542. The largest absolute Gasteiger partial charge is 0.482 e. The summed E-state index contributed by atoms with van der Waals surface area (Å²) >= 11 is 0. The van der Waals surface area contributed by atoms with Gasteiger partial charge in [-0.3, -0.25) is 4.79 Å². The van der Waals surface area contributed by atoms with Crippen LogP contribution in [0, 0.1) is 0 Å². The first-order valence-electron chi connectivity index (χ1n) is 11.3. The molecule has 0 bridgehead atoms. The van der Waals surface area contributed by atoms with Gasteiger partial charge >= 0.3 is 12.1 Å². The Bertz CT molecular complexity index is 856. The van der Waals surface area contributed by atoms with Crippen molar-refractivity contribution in [2.45, 2.75) is 62.9 Å². The van der Waals surface area contributed by atoms with Crippen LogP contribution < -0.4 is 10.6 Å². The van der Waals surface area contributed by atoms with Gasteiger partial charge in [0.15, 0.2) is 0 Å². The van der Waals surface area contributed by atoms with Crippen LogP contribution in [0.2, 0.25) is 0 Å². The second kappa shape index (κ2) is 9.57. The summed E-state index contributed by atoms with van der Waals surface area (Å²) in [5, 5.41) is 5.47. The molecule has 2 fully saturated rings. The Morgan fingerprint density at radius 3 is 2.59 bits per heavy atom. The van der Waals surface area contributed by atoms with Crippen molar-refractivity contribution in [3.05, 3.63) is 59.5 Å². The number of benzene rings is 1. The van der Waals surface area contributed by atoms with Crippen molar-refractivity contribution in [2.24, 2.45) is 0 Å². The summed E-state index contributed by atoms with van der Waals surface area (Å²) in [6, 6.07) is 7.27. The highest BCUT2D eigenvalue weighted by Crippen LogP contribution is 2.40. The number of carbonyl (C=O) groups is 1. The van der Waals surface area contributed by atoms with E-state index in [0.717, 1.165) is 38.0 Å². The lowest BCUT2D eigenvalue weighted by molar-refractivity contribution is -0.175. The van der Waals surface area contributed by atoms with Gasteiger partial charge in [0.05, 0.1) is 6.04 Å². The van der Waals surface area contributed by atoms with Crippen molar-refractivity contribution in [1.29, 1.82) is 0 Å². The minimum absolute atomic E-state index is 0.353. The quantitative estimate of drug-likeness (QED) is 0.657. The minimum atomic E-state index is -4.94. The minimum Gasteiger partial charge on any atom is -0.482 e. The third kappa shape index (κ3) is 5.65. The van der Waals surface area contributed by atoms with E-state index < -0.39 is 24.2 Å². The molecule has 1 aromatic carbocycles. The fourth-order valence-electron chi connectivity index (χ4n) is 4.33. The average Bonchev–Trinajstić information content (AvgIpc) is 3.63. The van der Waals surface area contributed by atoms with Crippen LogP contribution in [0.15, 0.2) is 48.4 Å². The highest BCUT2D eigenvalue weighted by molar-refractivity contribution is 5.82. The molecular weight excluding hydrogens is 419 g/mol. The van der Waals surface area contributed by atoms with Crippen molar-refractivity contribution in [1.82, 2.24) is 15.5 Å². The van der Waals surface area contributed by atoms with Crippen molar-refractivity contribution >= 4 is 5.91 Å². The molecule has 4 rings (SSSR count). The number of nitrogens with zero attached hydrogens (tertiary/aromatic N) is 1. The lowest BCUT2D eigenvalue weighted by Gasteiger charge is -2.36. The van der Waals surface area contributed by atoms with Crippen LogP contribution in [-0.4, -0.2) is 48.7 Å². The summed E-state index contributed by atoms with van der Waals surface area (Å²) in [5.74, 6) is -0.810. The molecule has 2 heterocycles. The zero-order valence-corrected chi connectivity index (χ0v) is 18.2. The Hall–Kier alpha value is -2.48. The average molecular weight is 450 g/mol. The van der Waals surface area contributed by atoms with Gasteiger partial charge in [-0.15, -0.1) is 0 Å². The van der Waals surface area contributed by atoms with E-state index in [9.17, 15) is 18.0 Å². The van der Waals surface area contributed by atoms with Crippen molar-refractivity contribution in [2.75, 3.05) is 19.6 Å². The molecule has 0 radical (unpaired) electrons. The molecule has 1 aliphatic carbocycles. The number of amides is 1. The van der Waals surface area contributed by atoms with Gasteiger partial charge in [0.25, 0.3) is 0 Å². The summed E-state index contributed by atoms with van der Waals surface area (Å²) in [6.07, 6.45) is 4.59. The maximum atomic E-state index is 12.9. The van der Waals surface area contributed by atoms with Crippen LogP contribution in [0.5, 0.6) is 0 Å². The van der Waals surface area contributed by atoms with Gasteiger partial charge in [-0.1, -0.05) is 30.3 Å². The Morgan fingerprint density at radius 2 is 1.97 bits per heavy atom. The molecule has 1 aromatic rings. The normalized spacial score (nSPS) is 23.3. The van der Waals surface area contributed by atoms with Gasteiger partial charge in [0.1, 0.15) is 11.9 Å². The maximum absolute atomic E-state index is 12.9. The summed E-state index contributed by atoms with van der Waals surface area (Å²) in [6.45, 7) is 4.21. The number of ether oxygens (including phenoxy) is 1. The van der Waals surface area contributed by atoms with E-state index in [1.165, 1.54) is 18.4 Å². The molecule has 2 N–H and O–H groups in total. The summed E-state index contributed by atoms with van der Waals surface area (Å²) in [4.78, 5) is 13.8. The maximum Gasteiger partial charge on any atom is 0.471 e. The Kier molecular flexibility index (Phi) is 6.79. The van der Waals surface area contributed by atoms with E-state index >= 15 is 0 Å². The number of rotatable bonds is 7. The molecule has 2 aliphatic heterocycles. The van der Waals surface area contributed by atoms with Gasteiger partial charge in [-0.05, 0) is 62.3 Å². The summed E-state index contributed by atoms with van der Waals surface area (Å²) < 4.78 is 44.8. The van der Waals surface area contributed by atoms with Crippen LogP contribution >= 0.6 is 0 Å². The zero-order chi connectivity index (χ0) is 22.7. The molecule has 0 aromatic heterocycles. The Balaban J connectivity index is 1.53. The Labute approximate surface area is 186 Å². The molecule has 32 heavy (non-hydrogen) atoms. The number of alkyl halides is 3. The molecule has 1 saturated heterocycles. The molecule has 8 heteroatoms. The first kappa shape index (κ1) is 22.7. The van der Waals surface area contributed by atoms with E-state index in [4.69, 9.17) is 4.74 Å². The van der Waals surface area contributed by atoms with Crippen molar-refractivity contribution in [3.63, 3.8) is 0 Å². The number of nitrogens with one attached hydrogen (secondary N) is 2. The number of halogens is 3. The number of hydrogen-bond acceptors (Lipinski definition) is 4. The first-order valence-corrected chi connectivity index (χ1v) is 11.3. The molecule has 3 atom stereocenters. The molecule has 1 amide bonds. The first-order chi connectivity index (χ1) is 15.3. The van der Waals surface area contributed by atoms with Crippen LogP contribution in [-0.2, 0) is 9.53 Å². The van der Waals surface area contributed by atoms with Crippen molar-refractivity contribution in [3.8, 4) is 0 Å². The molecular formula is C24H30F3N3O2. The van der Waals surface area contributed by atoms with E-state index in [-0.39, 0.29) is 0 Å². The second-order valence-electron chi connectivity index (χ2n) is 8.87. The molecule has 5 nitrogen and oxygen atoms in total. The van der Waals surface area contributed by atoms with E-state index in [2.05, 4.69) is 15.5 Å². The molecule has 1 saturated carbocycles. The van der Waals surface area contributed by atoms with Crippen LogP contribution in [0.4, 0.5) is 13.2 Å². The summed E-state index contributed by atoms with van der Waals surface area (Å²) in [5.41, 5.74) is 1.96.